The average molecular weight is 260 g/mol. The van der Waals surface area contributed by atoms with E-state index in [1.54, 1.807) is 6.92 Å². The molecule has 4 nitrogen and oxygen atoms in total. The number of fused-ring (bicyclic) bond motifs is 1. The zero-order valence-corrected chi connectivity index (χ0v) is 11.2. The third kappa shape index (κ3) is 2.26. The van der Waals surface area contributed by atoms with E-state index in [0.29, 0.717) is 28.7 Å². The van der Waals surface area contributed by atoms with Crippen molar-refractivity contribution in [1.82, 2.24) is 0 Å². The Morgan fingerprint density at radius 2 is 2.05 bits per heavy atom. The second kappa shape index (κ2) is 4.88. The number of rotatable bonds is 3. The number of carbonyl (C=O) groups is 1. The van der Waals surface area contributed by atoms with E-state index in [1.165, 1.54) is 19.1 Å². The number of carbonyl (C=O) groups excluding carboxylic acids is 1. The molecule has 1 aromatic carbocycles. The lowest BCUT2D eigenvalue weighted by Crippen LogP contribution is -2.06. The summed E-state index contributed by atoms with van der Waals surface area (Å²) in [7, 11) is 0. The summed E-state index contributed by atoms with van der Waals surface area (Å²) in [6.07, 6.45) is 1.33. The number of hydrogen-bond acceptors (Lipinski definition) is 4. The van der Waals surface area contributed by atoms with Gasteiger partial charge in [0.1, 0.15) is 17.1 Å². The molecule has 1 N–H and O–H groups in total. The molecule has 0 amide bonds. The molecule has 0 aliphatic carbocycles. The molecule has 1 aromatic heterocycles. The lowest BCUT2D eigenvalue weighted by atomic mass is 9.98. The lowest BCUT2D eigenvalue weighted by molar-refractivity contribution is 0.101. The molecule has 0 aliphatic heterocycles. The molecule has 19 heavy (non-hydrogen) atoms. The highest BCUT2D eigenvalue weighted by Crippen LogP contribution is 2.31. The van der Waals surface area contributed by atoms with E-state index in [0.717, 1.165) is 6.42 Å². The van der Waals surface area contributed by atoms with Crippen LogP contribution in [0.2, 0.25) is 0 Å². The topological polar surface area (TPSA) is 67.5 Å². The first-order valence-corrected chi connectivity index (χ1v) is 6.26. The van der Waals surface area contributed by atoms with Crippen LogP contribution in [0.25, 0.3) is 11.0 Å². The molecule has 4 heteroatoms. The summed E-state index contributed by atoms with van der Waals surface area (Å²) in [5, 5.41) is 10.5. The maximum atomic E-state index is 12.0. The quantitative estimate of drug-likeness (QED) is 0.861. The van der Waals surface area contributed by atoms with Crippen molar-refractivity contribution in [3.05, 3.63) is 39.2 Å². The van der Waals surface area contributed by atoms with Crippen molar-refractivity contribution in [3.8, 4) is 5.75 Å². The van der Waals surface area contributed by atoms with Crippen LogP contribution in [0.1, 0.15) is 41.9 Å². The van der Waals surface area contributed by atoms with E-state index in [9.17, 15) is 14.7 Å². The van der Waals surface area contributed by atoms with Crippen LogP contribution in [-0.2, 0) is 6.42 Å². The minimum atomic E-state index is -0.267. The van der Waals surface area contributed by atoms with Crippen LogP contribution < -0.4 is 5.43 Å². The first kappa shape index (κ1) is 13.3. The summed E-state index contributed by atoms with van der Waals surface area (Å²) < 4.78 is 5.57. The smallest absolute Gasteiger partial charge is 0.192 e. The number of aryl methyl sites for hydroxylation is 2. The van der Waals surface area contributed by atoms with Crippen molar-refractivity contribution in [2.45, 2.75) is 33.6 Å². The minimum Gasteiger partial charge on any atom is -0.507 e. The Balaban J connectivity index is 2.96. The normalized spacial score (nSPS) is 10.9. The van der Waals surface area contributed by atoms with Gasteiger partial charge in [-0.25, -0.2) is 0 Å². The Morgan fingerprint density at radius 3 is 2.63 bits per heavy atom. The van der Waals surface area contributed by atoms with Gasteiger partial charge in [-0.1, -0.05) is 13.3 Å². The van der Waals surface area contributed by atoms with Crippen LogP contribution in [0.15, 0.2) is 21.3 Å². The Bertz CT molecular complexity index is 710. The molecule has 2 rings (SSSR count). The Hall–Kier alpha value is -2.10. The van der Waals surface area contributed by atoms with E-state index in [4.69, 9.17) is 4.42 Å². The fraction of sp³-hybridized carbons (Fsp3) is 0.333. The standard InChI is InChI=1S/C15H16O4/c1-4-5-10-14(18)11(9(3)16)7-12-13(17)6-8(2)19-15(10)12/h6-7,18H,4-5H2,1-3H3. The number of Topliss-reactive ketones (excluding diaryl/α,β-unsaturated/α-hetero) is 1. The second-order valence-electron chi connectivity index (χ2n) is 4.66. The van der Waals surface area contributed by atoms with E-state index >= 15 is 0 Å². The van der Waals surface area contributed by atoms with Gasteiger partial charge in [0.2, 0.25) is 0 Å². The fourth-order valence-corrected chi connectivity index (χ4v) is 2.21. The van der Waals surface area contributed by atoms with Gasteiger partial charge in [-0.05, 0) is 26.3 Å². The molecule has 0 aliphatic rings. The van der Waals surface area contributed by atoms with E-state index in [1.807, 2.05) is 6.92 Å². The van der Waals surface area contributed by atoms with Crippen LogP contribution in [0.4, 0.5) is 0 Å². The summed E-state index contributed by atoms with van der Waals surface area (Å²) in [5.74, 6) is 0.150. The summed E-state index contributed by atoms with van der Waals surface area (Å²) in [4.78, 5) is 23.5. The highest BCUT2D eigenvalue weighted by Gasteiger charge is 2.18. The molecule has 2 aromatic rings. The number of ketones is 1. The average Bonchev–Trinajstić information content (AvgIpc) is 2.32. The number of phenols is 1. The first-order valence-electron chi connectivity index (χ1n) is 6.26. The van der Waals surface area contributed by atoms with Gasteiger partial charge in [-0.15, -0.1) is 0 Å². The Morgan fingerprint density at radius 1 is 1.37 bits per heavy atom. The van der Waals surface area contributed by atoms with Gasteiger partial charge in [-0.3, -0.25) is 9.59 Å². The van der Waals surface area contributed by atoms with E-state index in [2.05, 4.69) is 0 Å². The van der Waals surface area contributed by atoms with Gasteiger partial charge in [-0.2, -0.15) is 0 Å². The predicted molar refractivity (Wildman–Crippen MR) is 72.9 cm³/mol. The van der Waals surface area contributed by atoms with E-state index in [-0.39, 0.29) is 22.5 Å². The molecule has 0 radical (unpaired) electrons. The van der Waals surface area contributed by atoms with Gasteiger partial charge in [0.25, 0.3) is 0 Å². The van der Waals surface area contributed by atoms with Crippen LogP contribution in [-0.4, -0.2) is 10.9 Å². The molecule has 1 heterocycles. The minimum absolute atomic E-state index is 0.0735. The van der Waals surface area contributed by atoms with Crippen LogP contribution >= 0.6 is 0 Å². The zero-order valence-electron chi connectivity index (χ0n) is 11.2. The largest absolute Gasteiger partial charge is 0.507 e. The zero-order chi connectivity index (χ0) is 14.2. The number of aromatic hydroxyl groups is 1. The molecule has 0 saturated heterocycles. The highest BCUT2D eigenvalue weighted by atomic mass is 16.3. The molecule has 0 bridgehead atoms. The summed E-state index contributed by atoms with van der Waals surface area (Å²) >= 11 is 0. The van der Waals surface area contributed by atoms with Gasteiger partial charge >= 0.3 is 0 Å². The molecule has 0 spiro atoms. The molecule has 0 atom stereocenters. The number of benzene rings is 1. The van der Waals surface area contributed by atoms with Crippen molar-refractivity contribution in [2.75, 3.05) is 0 Å². The van der Waals surface area contributed by atoms with Gasteiger partial charge < -0.3 is 9.52 Å². The van der Waals surface area contributed by atoms with Crippen molar-refractivity contribution in [1.29, 1.82) is 0 Å². The third-order valence-corrected chi connectivity index (χ3v) is 3.09. The van der Waals surface area contributed by atoms with Gasteiger partial charge in [0.05, 0.1) is 10.9 Å². The van der Waals surface area contributed by atoms with E-state index < -0.39 is 0 Å². The van der Waals surface area contributed by atoms with Gasteiger partial charge in [0, 0.05) is 11.6 Å². The maximum absolute atomic E-state index is 12.0. The summed E-state index contributed by atoms with van der Waals surface area (Å²) in [6.45, 7) is 5.01. The van der Waals surface area contributed by atoms with Crippen molar-refractivity contribution < 1.29 is 14.3 Å². The predicted octanol–water partition coefficient (Wildman–Crippen LogP) is 2.96. The molecule has 0 fully saturated rings. The molecular weight excluding hydrogens is 244 g/mol. The van der Waals surface area contributed by atoms with Crippen LogP contribution in [0, 0.1) is 6.92 Å². The summed E-state index contributed by atoms with van der Waals surface area (Å²) in [6, 6.07) is 2.80. The number of hydrogen-bond donors (Lipinski definition) is 1. The molecular formula is C15H16O4. The monoisotopic (exact) mass is 260 g/mol. The second-order valence-corrected chi connectivity index (χ2v) is 4.66. The first-order chi connectivity index (χ1) is 8.95. The molecule has 100 valence electrons. The highest BCUT2D eigenvalue weighted by molar-refractivity contribution is 6.01. The Labute approximate surface area is 110 Å². The Kier molecular flexibility index (Phi) is 3.42. The van der Waals surface area contributed by atoms with Crippen LogP contribution in [0.5, 0.6) is 5.75 Å². The van der Waals surface area contributed by atoms with Crippen LogP contribution in [0.3, 0.4) is 0 Å². The molecule has 0 saturated carbocycles. The lowest BCUT2D eigenvalue weighted by Gasteiger charge is -2.11. The maximum Gasteiger partial charge on any atom is 0.192 e. The third-order valence-electron chi connectivity index (χ3n) is 3.09. The van der Waals surface area contributed by atoms with Crippen molar-refractivity contribution in [3.63, 3.8) is 0 Å². The summed E-state index contributed by atoms with van der Waals surface area (Å²) in [5.41, 5.74) is 0.894. The van der Waals surface area contributed by atoms with Crippen molar-refractivity contribution >= 4 is 16.8 Å². The SMILES string of the molecule is CCCc1c(O)c(C(C)=O)cc2c(=O)cc(C)oc12. The molecule has 0 unspecified atom stereocenters. The fourth-order valence-electron chi connectivity index (χ4n) is 2.21. The number of phenolic OH excluding ortho intramolecular Hbond substituents is 1. The van der Waals surface area contributed by atoms with Gasteiger partial charge in [0.15, 0.2) is 11.2 Å². The van der Waals surface area contributed by atoms with Crippen molar-refractivity contribution in [2.24, 2.45) is 0 Å².